The van der Waals surface area contributed by atoms with E-state index in [0.29, 0.717) is 0 Å². The number of halogens is 2. The molecule has 0 aliphatic rings. The summed E-state index contributed by atoms with van der Waals surface area (Å²) in [6, 6.07) is 0. The topological polar surface area (TPSA) is 63.0 Å². The van der Waals surface area contributed by atoms with Gasteiger partial charge in [0, 0.05) is 0 Å². The summed E-state index contributed by atoms with van der Waals surface area (Å²) in [6.45, 7) is 0. The fourth-order valence-corrected chi connectivity index (χ4v) is 0. The van der Waals surface area contributed by atoms with Crippen LogP contribution in [0.4, 0.5) is 0 Å². The molecule has 0 rings (SSSR count). The van der Waals surface area contributed by atoms with Gasteiger partial charge in [-0.1, -0.05) is 0 Å². The van der Waals surface area contributed by atoms with E-state index < -0.39 is 0 Å². The molecule has 0 amide bonds. The molecule has 0 bridgehead atoms. The first-order valence-corrected chi connectivity index (χ1v) is 0. The molecule has 0 aromatic rings. The second kappa shape index (κ2) is 50.5. The van der Waals surface area contributed by atoms with Crippen LogP contribution in [0.25, 0.3) is 0 Å². The second-order valence-electron chi connectivity index (χ2n) is 0. The summed E-state index contributed by atoms with van der Waals surface area (Å²) in [4.78, 5) is 0. The third-order valence-electron chi connectivity index (χ3n) is 0. The quantitative estimate of drug-likeness (QED) is 0.359. The van der Waals surface area contributed by atoms with E-state index in [0.717, 1.165) is 0 Å². The van der Waals surface area contributed by atoms with Crippen molar-refractivity contribution in [2.45, 2.75) is 0 Å². The van der Waals surface area contributed by atoms with E-state index in [2.05, 4.69) is 0 Å². The minimum atomic E-state index is 0. The molecule has 4 N–H and O–H groups in total. The van der Waals surface area contributed by atoms with Crippen LogP contribution in [0.3, 0.4) is 0 Å². The number of hydrogen-bond donors (Lipinski definition) is 0. The standard InChI is InChI=1S/2Ca.2ClH.Na.2H2O.3H/h;;2*1H;;2*1H2;;;/q2*+2;;;+1;;;3*-1/p-2. The zero-order valence-corrected chi connectivity index (χ0v) is 12.1. The number of hydrogen-bond acceptors (Lipinski definition) is 0. The van der Waals surface area contributed by atoms with Gasteiger partial charge < -0.3 is 40.0 Å². The Hall–Kier alpha value is 4.02. The summed E-state index contributed by atoms with van der Waals surface area (Å²) in [5.41, 5.74) is 0. The predicted octanol–water partition coefficient (Wildman–Crippen LogP) is -11.1. The van der Waals surface area contributed by atoms with E-state index in [9.17, 15) is 0 Å². The van der Waals surface area contributed by atoms with E-state index in [1.165, 1.54) is 0 Å². The van der Waals surface area contributed by atoms with Gasteiger partial charge in [0.05, 0.1) is 0 Å². The Labute approximate surface area is 142 Å². The summed E-state index contributed by atoms with van der Waals surface area (Å²) in [5, 5.41) is 0. The monoisotopic (exact) mass is 212 g/mol. The van der Waals surface area contributed by atoms with Crippen LogP contribution in [0.5, 0.6) is 0 Å². The van der Waals surface area contributed by atoms with Gasteiger partial charge in [0.15, 0.2) is 0 Å². The van der Waals surface area contributed by atoms with Crippen LogP contribution < -0.4 is 54.4 Å². The van der Waals surface area contributed by atoms with Crippen molar-refractivity contribution in [1.82, 2.24) is 0 Å². The molecule has 0 fully saturated rings. The van der Waals surface area contributed by atoms with Gasteiger partial charge in [-0.05, 0) is 0 Å². The van der Waals surface area contributed by atoms with Gasteiger partial charge in [0.2, 0.25) is 0 Å². The summed E-state index contributed by atoms with van der Waals surface area (Å²) in [7, 11) is 0. The molecule has 7 heteroatoms. The second-order valence-corrected chi connectivity index (χ2v) is 0. The minimum Gasteiger partial charge on any atom is -1.00 e. The van der Waals surface area contributed by atoms with Crippen LogP contribution in [-0.4, -0.2) is 86.4 Å². The molecule has 0 aromatic heterocycles. The first-order chi connectivity index (χ1) is 0. The third-order valence-corrected chi connectivity index (χ3v) is 0. The van der Waals surface area contributed by atoms with E-state index in [-0.39, 0.29) is 145 Å². The van der Waals surface area contributed by atoms with Crippen molar-refractivity contribution < 1.29 is 69.6 Å². The van der Waals surface area contributed by atoms with Crippen molar-refractivity contribution in [3.05, 3.63) is 0 Å². The maximum Gasteiger partial charge on any atom is 2.00 e. The Morgan fingerprint density at radius 3 is 0.714 bits per heavy atom. The van der Waals surface area contributed by atoms with E-state index in [1.807, 2.05) is 0 Å². The van der Waals surface area contributed by atoms with Gasteiger partial charge in [-0.15, -0.1) is 0 Å². The zero-order chi connectivity index (χ0) is 0. The maximum absolute atomic E-state index is 0. The zero-order valence-electron chi connectivity index (χ0n) is 7.17. The fraction of sp³-hybridized carbons (Fsp3) is 0. The SMILES string of the molecule is O.O.[Ca+2].[Ca+2].[Cl-].[Cl-].[H-].[H-].[H-].[Na+]. The van der Waals surface area contributed by atoms with Gasteiger partial charge in [-0.25, -0.2) is 0 Å². The third kappa shape index (κ3) is 39.9. The molecule has 7 heavy (non-hydrogen) atoms. The first-order valence-electron chi connectivity index (χ1n) is 0. The molecule has 0 spiro atoms. The maximum atomic E-state index is 0. The molecule has 0 saturated heterocycles. The molecule has 0 aliphatic carbocycles. The van der Waals surface area contributed by atoms with Gasteiger partial charge in [-0.2, -0.15) is 0 Å². The average Bonchev–Trinajstić information content (AvgIpc) is 0. The summed E-state index contributed by atoms with van der Waals surface area (Å²) >= 11 is 0. The largest absolute Gasteiger partial charge is 2.00 e. The van der Waals surface area contributed by atoms with Gasteiger partial charge in [0.25, 0.3) is 0 Å². The van der Waals surface area contributed by atoms with E-state index in [1.54, 1.807) is 0 Å². The summed E-state index contributed by atoms with van der Waals surface area (Å²) in [6.07, 6.45) is 0. The first kappa shape index (κ1) is 68.5. The van der Waals surface area contributed by atoms with E-state index >= 15 is 0 Å². The van der Waals surface area contributed by atoms with Gasteiger partial charge >= 0.3 is 105 Å². The molecular weight excluding hydrogens is 206 g/mol. The Kier molecular flexibility index (Phi) is 493. The van der Waals surface area contributed by atoms with Crippen molar-refractivity contribution >= 4 is 75.5 Å². The van der Waals surface area contributed by atoms with Crippen LogP contribution in [0.1, 0.15) is 4.28 Å². The van der Waals surface area contributed by atoms with Crippen molar-refractivity contribution in [2.75, 3.05) is 0 Å². The molecule has 0 atom stereocenters. The smallest absolute Gasteiger partial charge is 1.00 e. The Morgan fingerprint density at radius 1 is 0.714 bits per heavy atom. The molecule has 0 aromatic carbocycles. The average molecular weight is 213 g/mol. The van der Waals surface area contributed by atoms with Crippen LogP contribution in [0.2, 0.25) is 0 Å². The van der Waals surface area contributed by atoms with Crippen molar-refractivity contribution in [3.8, 4) is 0 Å². The molecular formula is H7Ca2Cl2NaO2. The molecule has 0 saturated carbocycles. The van der Waals surface area contributed by atoms with Crippen LogP contribution in [-0.2, 0) is 0 Å². The fourth-order valence-electron chi connectivity index (χ4n) is 0. The van der Waals surface area contributed by atoms with Crippen molar-refractivity contribution in [2.24, 2.45) is 0 Å². The van der Waals surface area contributed by atoms with Gasteiger partial charge in [0.1, 0.15) is 0 Å². The summed E-state index contributed by atoms with van der Waals surface area (Å²) < 4.78 is 0. The van der Waals surface area contributed by atoms with Gasteiger partial charge in [-0.3, -0.25) is 0 Å². The van der Waals surface area contributed by atoms with Crippen molar-refractivity contribution in [3.63, 3.8) is 0 Å². The molecule has 38 valence electrons. The molecule has 2 nitrogen and oxygen atoms in total. The molecule has 0 heterocycles. The predicted molar refractivity (Wildman–Crippen MR) is 22.1 cm³/mol. The molecule has 0 unspecified atom stereocenters. The Morgan fingerprint density at radius 2 is 0.714 bits per heavy atom. The normalized spacial score (nSPS) is 0. The molecule has 0 aliphatic heterocycles. The summed E-state index contributed by atoms with van der Waals surface area (Å²) in [5.74, 6) is 0. The number of rotatable bonds is 0. The van der Waals surface area contributed by atoms with Crippen LogP contribution in [0, 0.1) is 0 Å². The minimum absolute atomic E-state index is 0. The van der Waals surface area contributed by atoms with Crippen LogP contribution in [0.15, 0.2) is 0 Å². The molecule has 0 radical (unpaired) electrons. The van der Waals surface area contributed by atoms with E-state index in [4.69, 9.17) is 0 Å². The van der Waals surface area contributed by atoms with Crippen molar-refractivity contribution in [1.29, 1.82) is 0 Å². The Bertz CT molecular complexity index is 22.5. The Balaban J connectivity index is 0. The van der Waals surface area contributed by atoms with Crippen LogP contribution >= 0.6 is 0 Å².